The van der Waals surface area contributed by atoms with Gasteiger partial charge in [-0.05, 0) is 26.3 Å². The molecule has 3 heterocycles. The molecule has 0 aliphatic carbocycles. The molecule has 0 aromatic carbocycles. The van der Waals surface area contributed by atoms with Gasteiger partial charge >= 0.3 is 0 Å². The summed E-state index contributed by atoms with van der Waals surface area (Å²) in [7, 11) is 0. The van der Waals surface area contributed by atoms with Crippen LogP contribution in [0.4, 0.5) is 8.78 Å². The number of H-pyrrole nitrogens is 1. The first-order valence-electron chi connectivity index (χ1n) is 7.50. The zero-order chi connectivity index (χ0) is 15.9. The van der Waals surface area contributed by atoms with Crippen molar-refractivity contribution in [2.45, 2.75) is 39.2 Å². The van der Waals surface area contributed by atoms with Crippen molar-refractivity contribution in [3.8, 4) is 0 Å². The Morgan fingerprint density at radius 3 is 2.64 bits per heavy atom. The molecule has 1 aliphatic heterocycles. The number of likely N-dealkylation sites (tertiary alicyclic amines) is 1. The summed E-state index contributed by atoms with van der Waals surface area (Å²) in [4.78, 5) is 21.1. The molecule has 0 unspecified atom stereocenters. The van der Waals surface area contributed by atoms with Crippen molar-refractivity contribution in [3.05, 3.63) is 21.9 Å². The zero-order valence-corrected chi connectivity index (χ0v) is 12.6. The van der Waals surface area contributed by atoms with Crippen molar-refractivity contribution in [1.29, 1.82) is 0 Å². The minimum absolute atomic E-state index is 0.00602. The number of aromatic amines is 1. The summed E-state index contributed by atoms with van der Waals surface area (Å²) in [5, 5.41) is 3.95. The third kappa shape index (κ3) is 2.51. The molecule has 8 heteroatoms. The van der Waals surface area contributed by atoms with E-state index >= 15 is 0 Å². The summed E-state index contributed by atoms with van der Waals surface area (Å²) in [5.74, 6) is 0.408. The minimum atomic E-state index is -2.79. The van der Waals surface area contributed by atoms with Crippen molar-refractivity contribution < 1.29 is 8.78 Å². The van der Waals surface area contributed by atoms with Crippen LogP contribution in [0.3, 0.4) is 0 Å². The molecule has 120 valence electrons. The van der Waals surface area contributed by atoms with Crippen LogP contribution in [-0.4, -0.2) is 44.3 Å². The molecule has 3 rings (SSSR count). The lowest BCUT2D eigenvalue weighted by Gasteiger charge is -2.31. The molecular formula is C14H19F2N5O. The topological polar surface area (TPSA) is 66.8 Å². The number of aryl methyl sites for hydroxylation is 1. The molecule has 22 heavy (non-hydrogen) atoms. The first-order chi connectivity index (χ1) is 10.5. The predicted octanol–water partition coefficient (Wildman–Crippen LogP) is 2.02. The molecule has 0 amide bonds. The number of hydrogen-bond donors (Lipinski definition) is 1. The molecular weight excluding hydrogens is 292 g/mol. The zero-order valence-electron chi connectivity index (χ0n) is 12.6. The number of nitrogens with one attached hydrogen (secondary N) is 1. The maximum absolute atomic E-state index is 13.2. The van der Waals surface area contributed by atoms with Gasteiger partial charge in [-0.25, -0.2) is 18.4 Å². The van der Waals surface area contributed by atoms with Gasteiger partial charge in [0.2, 0.25) is 0 Å². The first kappa shape index (κ1) is 15.1. The maximum Gasteiger partial charge on any atom is 0.283 e. The van der Waals surface area contributed by atoms with E-state index in [1.807, 2.05) is 0 Å². The van der Waals surface area contributed by atoms with E-state index in [4.69, 9.17) is 0 Å². The molecule has 1 aliphatic rings. The van der Waals surface area contributed by atoms with Gasteiger partial charge in [-0.1, -0.05) is 6.92 Å². The van der Waals surface area contributed by atoms with Crippen LogP contribution < -0.4 is 5.56 Å². The highest BCUT2D eigenvalue weighted by Crippen LogP contribution is 2.29. The van der Waals surface area contributed by atoms with Gasteiger partial charge in [0.25, 0.3) is 12.0 Å². The number of piperidine rings is 1. The number of nitrogens with zero attached hydrogens (tertiary/aromatic N) is 4. The second kappa shape index (κ2) is 5.75. The lowest BCUT2D eigenvalue weighted by atomic mass is 10.1. The van der Waals surface area contributed by atoms with Crippen molar-refractivity contribution in [3.63, 3.8) is 0 Å². The summed E-state index contributed by atoms with van der Waals surface area (Å²) in [6.45, 7) is 6.51. The largest absolute Gasteiger partial charge is 0.310 e. The van der Waals surface area contributed by atoms with Gasteiger partial charge in [-0.15, -0.1) is 0 Å². The highest BCUT2D eigenvalue weighted by molar-refractivity contribution is 5.77. The summed E-state index contributed by atoms with van der Waals surface area (Å²) in [6.07, 6.45) is -1.15. The fraction of sp³-hybridized carbons (Fsp3) is 0.643. The standard InChI is InChI=1S/C14H19F2N5O/c1-3-20-6-4-9(5-7-20)21-13-10(11(19-21)12(15)16)14(22)18-8(2)17-13/h9,12H,3-7H2,1-2H3,(H,17,18,22). The number of hydrogen-bond acceptors (Lipinski definition) is 4. The van der Waals surface area contributed by atoms with Gasteiger partial charge in [0.1, 0.15) is 16.9 Å². The van der Waals surface area contributed by atoms with E-state index in [2.05, 4.69) is 26.9 Å². The van der Waals surface area contributed by atoms with Gasteiger partial charge in [0.15, 0.2) is 5.65 Å². The lowest BCUT2D eigenvalue weighted by Crippen LogP contribution is -2.34. The average Bonchev–Trinajstić information content (AvgIpc) is 2.87. The first-order valence-corrected chi connectivity index (χ1v) is 7.50. The van der Waals surface area contributed by atoms with Crippen molar-refractivity contribution in [2.24, 2.45) is 0 Å². The Bertz CT molecular complexity index is 731. The van der Waals surface area contributed by atoms with Crippen LogP contribution in [0.2, 0.25) is 0 Å². The fourth-order valence-corrected chi connectivity index (χ4v) is 3.07. The minimum Gasteiger partial charge on any atom is -0.310 e. The van der Waals surface area contributed by atoms with Crippen molar-refractivity contribution in [1.82, 2.24) is 24.6 Å². The van der Waals surface area contributed by atoms with Gasteiger partial charge in [-0.2, -0.15) is 5.10 Å². The molecule has 0 spiro atoms. The van der Waals surface area contributed by atoms with Gasteiger partial charge < -0.3 is 9.88 Å². The Balaban J connectivity index is 2.08. The number of aromatic nitrogens is 4. The van der Waals surface area contributed by atoms with E-state index in [1.54, 1.807) is 6.92 Å². The molecule has 0 bridgehead atoms. The molecule has 6 nitrogen and oxygen atoms in total. The summed E-state index contributed by atoms with van der Waals surface area (Å²) < 4.78 is 28.0. The van der Waals surface area contributed by atoms with Crippen LogP contribution in [0.15, 0.2) is 4.79 Å². The van der Waals surface area contributed by atoms with Gasteiger partial charge in [-0.3, -0.25) is 4.79 Å². The molecule has 0 radical (unpaired) electrons. The van der Waals surface area contributed by atoms with E-state index in [-0.39, 0.29) is 17.1 Å². The molecule has 2 aromatic rings. The number of rotatable bonds is 3. The Morgan fingerprint density at radius 2 is 2.05 bits per heavy atom. The van der Waals surface area contributed by atoms with E-state index in [9.17, 15) is 13.6 Å². The SMILES string of the molecule is CCN1CCC(n2nc(C(F)F)c3c(=O)[nH]c(C)nc32)CC1. The van der Waals surface area contributed by atoms with Crippen LogP contribution in [0.25, 0.3) is 11.0 Å². The van der Waals surface area contributed by atoms with Crippen LogP contribution in [0.1, 0.15) is 43.8 Å². The highest BCUT2D eigenvalue weighted by Gasteiger charge is 2.28. The van der Waals surface area contributed by atoms with Crippen molar-refractivity contribution >= 4 is 11.0 Å². The summed E-state index contributed by atoms with van der Waals surface area (Å²) in [5.41, 5.74) is -0.747. The Labute approximate surface area is 126 Å². The summed E-state index contributed by atoms with van der Waals surface area (Å²) >= 11 is 0. The van der Waals surface area contributed by atoms with Crippen LogP contribution in [0.5, 0.6) is 0 Å². The molecule has 2 aromatic heterocycles. The summed E-state index contributed by atoms with van der Waals surface area (Å²) in [6, 6.07) is 0.00602. The normalized spacial score (nSPS) is 17.7. The van der Waals surface area contributed by atoms with Gasteiger partial charge in [0, 0.05) is 13.1 Å². The lowest BCUT2D eigenvalue weighted by molar-refractivity contribution is 0.143. The smallest absolute Gasteiger partial charge is 0.283 e. The van der Waals surface area contributed by atoms with E-state index in [0.29, 0.717) is 5.82 Å². The van der Waals surface area contributed by atoms with E-state index < -0.39 is 17.7 Å². The van der Waals surface area contributed by atoms with E-state index in [0.717, 1.165) is 32.5 Å². The fourth-order valence-electron chi connectivity index (χ4n) is 3.07. The molecule has 1 N–H and O–H groups in total. The van der Waals surface area contributed by atoms with Crippen molar-refractivity contribution in [2.75, 3.05) is 19.6 Å². The maximum atomic E-state index is 13.2. The predicted molar refractivity (Wildman–Crippen MR) is 78.2 cm³/mol. The molecule has 0 atom stereocenters. The third-order valence-electron chi connectivity index (χ3n) is 4.26. The average molecular weight is 311 g/mol. The third-order valence-corrected chi connectivity index (χ3v) is 4.26. The second-order valence-electron chi connectivity index (χ2n) is 5.65. The van der Waals surface area contributed by atoms with Crippen LogP contribution in [0, 0.1) is 6.92 Å². The van der Waals surface area contributed by atoms with E-state index in [1.165, 1.54) is 4.68 Å². The quantitative estimate of drug-likeness (QED) is 0.942. The highest BCUT2D eigenvalue weighted by atomic mass is 19.3. The number of halogens is 2. The van der Waals surface area contributed by atoms with Gasteiger partial charge in [0.05, 0.1) is 6.04 Å². The molecule has 0 saturated carbocycles. The Kier molecular flexibility index (Phi) is 3.94. The molecule has 1 fully saturated rings. The van der Waals surface area contributed by atoms with Crippen LogP contribution >= 0.6 is 0 Å². The molecule has 1 saturated heterocycles. The second-order valence-corrected chi connectivity index (χ2v) is 5.65. The Morgan fingerprint density at radius 1 is 1.36 bits per heavy atom. The monoisotopic (exact) mass is 311 g/mol. The number of fused-ring (bicyclic) bond motifs is 1. The number of alkyl halides is 2. The van der Waals surface area contributed by atoms with Crippen LogP contribution in [-0.2, 0) is 0 Å². The Hall–Kier alpha value is -1.83.